The first-order valence-electron chi connectivity index (χ1n) is 6.32. The first kappa shape index (κ1) is 16.1. The summed E-state index contributed by atoms with van der Waals surface area (Å²) in [5, 5.41) is 8.94. The van der Waals surface area contributed by atoms with Gasteiger partial charge in [-0.15, -0.1) is 0 Å². The van der Waals surface area contributed by atoms with Crippen LogP contribution in [0, 0.1) is 5.82 Å². The number of sulfonamides is 1. The summed E-state index contributed by atoms with van der Waals surface area (Å²) in [4.78, 5) is 0. The highest BCUT2D eigenvalue weighted by Gasteiger charge is 2.21. The van der Waals surface area contributed by atoms with Gasteiger partial charge in [-0.3, -0.25) is 0 Å². The number of aliphatic hydroxyl groups is 1. The van der Waals surface area contributed by atoms with E-state index < -0.39 is 15.8 Å². The molecular formula is C13H20FNO3S. The highest BCUT2D eigenvalue weighted by atomic mass is 32.2. The average molecular weight is 289 g/mol. The van der Waals surface area contributed by atoms with Gasteiger partial charge in [-0.05, 0) is 24.1 Å². The topological polar surface area (TPSA) is 57.6 Å². The molecule has 0 amide bonds. The van der Waals surface area contributed by atoms with E-state index in [9.17, 15) is 12.8 Å². The van der Waals surface area contributed by atoms with E-state index in [1.807, 2.05) is 6.92 Å². The maximum atomic E-state index is 13.0. The van der Waals surface area contributed by atoms with Crippen LogP contribution in [0.15, 0.2) is 24.3 Å². The monoisotopic (exact) mass is 289 g/mol. The Morgan fingerprint density at radius 3 is 2.63 bits per heavy atom. The Bertz CT molecular complexity index is 490. The largest absolute Gasteiger partial charge is 0.395 e. The molecule has 108 valence electrons. The molecule has 4 nitrogen and oxygen atoms in total. The molecule has 6 heteroatoms. The third-order valence-corrected chi connectivity index (χ3v) is 4.59. The zero-order valence-corrected chi connectivity index (χ0v) is 11.9. The van der Waals surface area contributed by atoms with Gasteiger partial charge in [0.2, 0.25) is 10.0 Å². The fourth-order valence-electron chi connectivity index (χ4n) is 1.76. The molecule has 0 bridgehead atoms. The summed E-state index contributed by atoms with van der Waals surface area (Å²) < 4.78 is 38.7. The van der Waals surface area contributed by atoms with Gasteiger partial charge in [-0.1, -0.05) is 25.5 Å². The lowest BCUT2D eigenvalue weighted by Crippen LogP contribution is -2.35. The number of halogens is 1. The minimum absolute atomic E-state index is 0.0810. The third kappa shape index (κ3) is 5.26. The van der Waals surface area contributed by atoms with Crippen LogP contribution in [-0.4, -0.2) is 37.5 Å². The summed E-state index contributed by atoms with van der Waals surface area (Å²) in [6.07, 6.45) is 1.61. The number of hydrogen-bond acceptors (Lipinski definition) is 3. The molecule has 1 aromatic rings. The summed E-state index contributed by atoms with van der Waals surface area (Å²) in [7, 11) is -3.52. The molecule has 1 rings (SSSR count). The molecule has 0 aliphatic rings. The van der Waals surface area contributed by atoms with Crippen LogP contribution in [-0.2, 0) is 15.8 Å². The highest BCUT2D eigenvalue weighted by Crippen LogP contribution is 2.13. The number of benzene rings is 1. The van der Waals surface area contributed by atoms with E-state index >= 15 is 0 Å². The number of rotatable bonds is 8. The van der Waals surface area contributed by atoms with Crippen molar-refractivity contribution in [1.29, 1.82) is 0 Å². The lowest BCUT2D eigenvalue weighted by Gasteiger charge is -2.21. The molecule has 0 spiro atoms. The van der Waals surface area contributed by atoms with Crippen molar-refractivity contribution < 1.29 is 17.9 Å². The second kappa shape index (κ2) is 7.57. The number of unbranched alkanes of at least 4 members (excludes halogenated alkanes) is 1. The molecule has 0 heterocycles. The molecule has 19 heavy (non-hydrogen) atoms. The molecule has 0 aliphatic heterocycles. The minimum Gasteiger partial charge on any atom is -0.395 e. The van der Waals surface area contributed by atoms with Gasteiger partial charge in [0.25, 0.3) is 0 Å². The van der Waals surface area contributed by atoms with Crippen molar-refractivity contribution in [1.82, 2.24) is 4.31 Å². The van der Waals surface area contributed by atoms with Crippen molar-refractivity contribution in [2.45, 2.75) is 25.5 Å². The van der Waals surface area contributed by atoms with Crippen molar-refractivity contribution in [3.63, 3.8) is 0 Å². The highest BCUT2D eigenvalue weighted by molar-refractivity contribution is 7.88. The van der Waals surface area contributed by atoms with Crippen molar-refractivity contribution >= 4 is 10.0 Å². The molecule has 0 saturated heterocycles. The predicted octanol–water partition coefficient (Wildman–Crippen LogP) is 1.75. The summed E-state index contributed by atoms with van der Waals surface area (Å²) >= 11 is 0. The summed E-state index contributed by atoms with van der Waals surface area (Å²) in [6.45, 7) is 2.22. The molecule has 0 unspecified atom stereocenters. The van der Waals surface area contributed by atoms with Crippen LogP contribution in [0.25, 0.3) is 0 Å². The lowest BCUT2D eigenvalue weighted by atomic mass is 10.2. The van der Waals surface area contributed by atoms with Crippen molar-refractivity contribution in [3.8, 4) is 0 Å². The van der Waals surface area contributed by atoms with Crippen LogP contribution >= 0.6 is 0 Å². The third-order valence-electron chi connectivity index (χ3n) is 2.74. The Morgan fingerprint density at radius 1 is 1.32 bits per heavy atom. The lowest BCUT2D eigenvalue weighted by molar-refractivity contribution is 0.252. The standard InChI is InChI=1S/C13H20FNO3S/c1-2-3-7-15(8-9-16)19(17,18)11-12-5-4-6-13(14)10-12/h4-6,10,16H,2-3,7-9,11H2,1H3. The van der Waals surface area contributed by atoms with Gasteiger partial charge in [-0.2, -0.15) is 4.31 Å². The molecule has 0 fully saturated rings. The van der Waals surface area contributed by atoms with Crippen molar-refractivity contribution in [2.75, 3.05) is 19.7 Å². The average Bonchev–Trinajstić information content (AvgIpc) is 2.33. The summed E-state index contributed by atoms with van der Waals surface area (Å²) in [5.41, 5.74) is 0.416. The predicted molar refractivity (Wildman–Crippen MR) is 72.6 cm³/mol. The van der Waals surface area contributed by atoms with E-state index in [1.165, 1.54) is 22.5 Å². The number of nitrogens with zero attached hydrogens (tertiary/aromatic N) is 1. The van der Waals surface area contributed by atoms with Gasteiger partial charge >= 0.3 is 0 Å². The minimum atomic E-state index is -3.52. The Balaban J connectivity index is 2.81. The smallest absolute Gasteiger partial charge is 0.218 e. The van der Waals surface area contributed by atoms with Crippen LogP contribution in [0.4, 0.5) is 4.39 Å². The van der Waals surface area contributed by atoms with Crippen LogP contribution in [0.2, 0.25) is 0 Å². The second-order valence-corrected chi connectivity index (χ2v) is 6.33. The first-order chi connectivity index (χ1) is 8.99. The van der Waals surface area contributed by atoms with Gasteiger partial charge in [0.05, 0.1) is 12.4 Å². The zero-order valence-electron chi connectivity index (χ0n) is 11.0. The van der Waals surface area contributed by atoms with Crippen LogP contribution < -0.4 is 0 Å². The van der Waals surface area contributed by atoms with Crippen molar-refractivity contribution in [3.05, 3.63) is 35.6 Å². The van der Waals surface area contributed by atoms with E-state index in [0.717, 1.165) is 12.8 Å². The summed E-state index contributed by atoms with van der Waals surface area (Å²) in [5.74, 6) is -0.691. The first-order valence-corrected chi connectivity index (χ1v) is 7.93. The molecular weight excluding hydrogens is 269 g/mol. The molecule has 0 radical (unpaired) electrons. The van der Waals surface area contributed by atoms with E-state index in [1.54, 1.807) is 6.07 Å². The van der Waals surface area contributed by atoms with E-state index in [2.05, 4.69) is 0 Å². The fourth-order valence-corrected chi connectivity index (χ4v) is 3.32. The Morgan fingerprint density at radius 2 is 2.05 bits per heavy atom. The maximum absolute atomic E-state index is 13.0. The molecule has 0 atom stereocenters. The maximum Gasteiger partial charge on any atom is 0.218 e. The number of hydrogen-bond donors (Lipinski definition) is 1. The normalized spacial score (nSPS) is 12.0. The van der Waals surface area contributed by atoms with Crippen molar-refractivity contribution in [2.24, 2.45) is 0 Å². The second-order valence-electron chi connectivity index (χ2n) is 4.36. The van der Waals surface area contributed by atoms with Gasteiger partial charge in [-0.25, -0.2) is 12.8 Å². The SMILES string of the molecule is CCCCN(CCO)S(=O)(=O)Cc1cccc(F)c1. The van der Waals surface area contributed by atoms with Gasteiger partial charge in [0, 0.05) is 13.1 Å². The summed E-state index contributed by atoms with van der Waals surface area (Å²) in [6, 6.07) is 5.56. The molecule has 0 aliphatic carbocycles. The van der Waals surface area contributed by atoms with E-state index in [4.69, 9.17) is 5.11 Å². The Hall–Kier alpha value is -0.980. The fraction of sp³-hybridized carbons (Fsp3) is 0.538. The zero-order chi connectivity index (χ0) is 14.3. The number of aliphatic hydroxyl groups excluding tert-OH is 1. The van der Waals surface area contributed by atoms with Crippen LogP contribution in [0.5, 0.6) is 0 Å². The van der Waals surface area contributed by atoms with Crippen LogP contribution in [0.3, 0.4) is 0 Å². The van der Waals surface area contributed by atoms with Crippen LogP contribution in [0.1, 0.15) is 25.3 Å². The van der Waals surface area contributed by atoms with Gasteiger partial charge in [0.1, 0.15) is 5.82 Å². The molecule has 0 saturated carbocycles. The molecule has 1 N–H and O–H groups in total. The molecule has 1 aromatic carbocycles. The van der Waals surface area contributed by atoms with E-state index in [-0.39, 0.29) is 18.9 Å². The molecule has 0 aromatic heterocycles. The Labute approximate surface area is 113 Å². The Kier molecular flexibility index (Phi) is 6.41. The van der Waals surface area contributed by atoms with E-state index in [0.29, 0.717) is 12.1 Å². The van der Waals surface area contributed by atoms with Gasteiger partial charge < -0.3 is 5.11 Å². The van der Waals surface area contributed by atoms with Gasteiger partial charge in [0.15, 0.2) is 0 Å². The quantitative estimate of drug-likeness (QED) is 0.793.